The fourth-order valence-corrected chi connectivity index (χ4v) is 2.64. The van der Waals surface area contributed by atoms with E-state index in [2.05, 4.69) is 5.32 Å². The minimum atomic E-state index is -0.489. The van der Waals surface area contributed by atoms with Crippen molar-refractivity contribution < 1.29 is 14.3 Å². The van der Waals surface area contributed by atoms with Crippen LogP contribution < -0.4 is 10.1 Å². The number of Topliss-reactive ketones (excluding diaryl/α,β-unsaturated/α-hetero) is 1. The van der Waals surface area contributed by atoms with Gasteiger partial charge in [0.1, 0.15) is 11.4 Å². The molecule has 0 radical (unpaired) electrons. The van der Waals surface area contributed by atoms with Crippen LogP contribution in [-0.2, 0) is 0 Å². The van der Waals surface area contributed by atoms with Gasteiger partial charge in [-0.25, -0.2) is 0 Å². The van der Waals surface area contributed by atoms with Crippen LogP contribution in [0.4, 0.5) is 5.69 Å². The van der Waals surface area contributed by atoms with Gasteiger partial charge in [0.2, 0.25) is 0 Å². The molecule has 2 aromatic carbocycles. The zero-order chi connectivity index (χ0) is 16.6. The molecule has 0 unspecified atom stereocenters. The summed E-state index contributed by atoms with van der Waals surface area (Å²) in [5.74, 6) is 0.400. The second kappa shape index (κ2) is 5.54. The molecule has 4 nitrogen and oxygen atoms in total. The molecule has 1 N–H and O–H groups in total. The monoisotopic (exact) mass is 309 g/mol. The Morgan fingerprint density at radius 3 is 2.52 bits per heavy atom. The van der Waals surface area contributed by atoms with Crippen LogP contribution >= 0.6 is 0 Å². The van der Waals surface area contributed by atoms with E-state index in [4.69, 9.17) is 4.74 Å². The van der Waals surface area contributed by atoms with Crippen molar-refractivity contribution in [3.05, 3.63) is 59.2 Å². The molecule has 2 aromatic rings. The number of nitrogens with one attached hydrogen (secondary N) is 1. The first-order chi connectivity index (χ1) is 10.8. The highest BCUT2D eigenvalue weighted by molar-refractivity contribution is 6.06. The lowest BCUT2D eigenvalue weighted by atomic mass is 9.93. The number of anilines is 1. The number of ether oxygens (including phenoxy) is 1. The van der Waals surface area contributed by atoms with Gasteiger partial charge in [0.05, 0.1) is 12.0 Å². The summed E-state index contributed by atoms with van der Waals surface area (Å²) in [4.78, 5) is 24.5. The maximum Gasteiger partial charge on any atom is 0.255 e. The molecule has 1 heterocycles. The molecule has 1 aliphatic rings. The van der Waals surface area contributed by atoms with Gasteiger partial charge in [0.15, 0.2) is 5.78 Å². The van der Waals surface area contributed by atoms with Crippen molar-refractivity contribution in [2.45, 2.75) is 32.8 Å². The maximum absolute atomic E-state index is 12.3. The molecule has 0 spiro atoms. The number of amides is 1. The van der Waals surface area contributed by atoms with Crippen molar-refractivity contribution in [3.63, 3.8) is 0 Å². The molecular weight excluding hydrogens is 290 g/mol. The summed E-state index contributed by atoms with van der Waals surface area (Å²) < 4.78 is 5.81. The van der Waals surface area contributed by atoms with E-state index in [1.54, 1.807) is 30.3 Å². The van der Waals surface area contributed by atoms with E-state index in [1.165, 1.54) is 0 Å². The van der Waals surface area contributed by atoms with Crippen LogP contribution in [0, 0.1) is 6.92 Å². The van der Waals surface area contributed by atoms with Gasteiger partial charge in [-0.05, 0) is 51.1 Å². The predicted molar refractivity (Wildman–Crippen MR) is 89.2 cm³/mol. The fraction of sp³-hybridized carbons (Fsp3) is 0.263. The Morgan fingerprint density at radius 1 is 1.13 bits per heavy atom. The molecule has 0 bridgehead atoms. The van der Waals surface area contributed by atoms with Crippen LogP contribution in [0.5, 0.6) is 5.75 Å². The van der Waals surface area contributed by atoms with E-state index >= 15 is 0 Å². The molecule has 1 amide bonds. The molecule has 0 aromatic heterocycles. The van der Waals surface area contributed by atoms with Crippen molar-refractivity contribution in [2.75, 3.05) is 5.32 Å². The molecule has 0 atom stereocenters. The third kappa shape index (κ3) is 3.26. The van der Waals surface area contributed by atoms with Gasteiger partial charge >= 0.3 is 0 Å². The smallest absolute Gasteiger partial charge is 0.255 e. The molecule has 0 saturated heterocycles. The number of rotatable bonds is 2. The summed E-state index contributed by atoms with van der Waals surface area (Å²) in [5, 5.41) is 2.82. The van der Waals surface area contributed by atoms with Gasteiger partial charge in [-0.2, -0.15) is 0 Å². The summed E-state index contributed by atoms with van der Waals surface area (Å²) in [6.07, 6.45) is 0.329. The summed E-state index contributed by atoms with van der Waals surface area (Å²) in [7, 11) is 0. The topological polar surface area (TPSA) is 55.4 Å². The molecule has 1 aliphatic heterocycles. The summed E-state index contributed by atoms with van der Waals surface area (Å²) in [6.45, 7) is 5.75. The Balaban J connectivity index is 1.83. The third-order valence-electron chi connectivity index (χ3n) is 3.82. The summed E-state index contributed by atoms with van der Waals surface area (Å²) in [5.41, 5.74) is 2.30. The van der Waals surface area contributed by atoms with E-state index < -0.39 is 5.60 Å². The van der Waals surface area contributed by atoms with Crippen LogP contribution in [0.3, 0.4) is 0 Å². The highest BCUT2D eigenvalue weighted by atomic mass is 16.5. The van der Waals surface area contributed by atoms with Crippen LogP contribution in [0.1, 0.15) is 46.5 Å². The Bertz CT molecular complexity index is 776. The van der Waals surface area contributed by atoms with E-state index in [1.807, 2.05) is 32.9 Å². The molecule has 0 aliphatic carbocycles. The summed E-state index contributed by atoms with van der Waals surface area (Å²) in [6, 6.07) is 12.5. The molecule has 0 saturated carbocycles. The van der Waals surface area contributed by atoms with Crippen molar-refractivity contribution in [3.8, 4) is 5.75 Å². The van der Waals surface area contributed by atoms with Crippen molar-refractivity contribution in [1.29, 1.82) is 0 Å². The van der Waals surface area contributed by atoms with Gasteiger partial charge in [-0.1, -0.05) is 17.7 Å². The Hall–Kier alpha value is -2.62. The number of benzene rings is 2. The zero-order valence-corrected chi connectivity index (χ0v) is 13.5. The lowest BCUT2D eigenvalue weighted by molar-refractivity contribution is 0.0620. The quantitative estimate of drug-likeness (QED) is 0.912. The van der Waals surface area contributed by atoms with E-state index in [0.29, 0.717) is 29.0 Å². The van der Waals surface area contributed by atoms with Crippen molar-refractivity contribution >= 4 is 17.4 Å². The average molecular weight is 309 g/mol. The Kier molecular flexibility index (Phi) is 3.68. The first-order valence-corrected chi connectivity index (χ1v) is 7.58. The SMILES string of the molecule is Cc1ccc(C(=O)Nc2ccc3c(c2)C(=O)CC(C)(C)O3)cc1. The highest BCUT2D eigenvalue weighted by Gasteiger charge is 2.32. The normalized spacial score (nSPS) is 15.5. The molecule has 4 heteroatoms. The Labute approximate surface area is 135 Å². The second-order valence-electron chi connectivity index (χ2n) is 6.49. The van der Waals surface area contributed by atoms with Crippen LogP contribution in [-0.4, -0.2) is 17.3 Å². The molecule has 3 rings (SSSR count). The number of ketones is 1. The third-order valence-corrected chi connectivity index (χ3v) is 3.82. The highest BCUT2D eigenvalue weighted by Crippen LogP contribution is 2.34. The van der Waals surface area contributed by atoms with Gasteiger partial charge in [-0.15, -0.1) is 0 Å². The minimum absolute atomic E-state index is 0.0303. The maximum atomic E-state index is 12.3. The summed E-state index contributed by atoms with van der Waals surface area (Å²) >= 11 is 0. The van der Waals surface area contributed by atoms with Gasteiger partial charge in [-0.3, -0.25) is 9.59 Å². The van der Waals surface area contributed by atoms with Gasteiger partial charge in [0.25, 0.3) is 5.91 Å². The number of fused-ring (bicyclic) bond motifs is 1. The standard InChI is InChI=1S/C19H19NO3/c1-12-4-6-13(7-5-12)18(22)20-14-8-9-17-15(10-14)16(21)11-19(2,3)23-17/h4-10H,11H2,1-3H3,(H,20,22). The molecule has 23 heavy (non-hydrogen) atoms. The number of aryl methyl sites for hydroxylation is 1. The molecule has 0 fully saturated rings. The largest absolute Gasteiger partial charge is 0.487 e. The molecule has 118 valence electrons. The zero-order valence-electron chi connectivity index (χ0n) is 13.5. The number of carbonyl (C=O) groups excluding carboxylic acids is 2. The minimum Gasteiger partial charge on any atom is -0.487 e. The van der Waals surface area contributed by atoms with Gasteiger partial charge < -0.3 is 10.1 Å². The predicted octanol–water partition coefficient (Wildman–Crippen LogP) is 3.99. The van der Waals surface area contributed by atoms with Crippen molar-refractivity contribution in [1.82, 2.24) is 0 Å². The fourth-order valence-electron chi connectivity index (χ4n) is 2.64. The van der Waals surface area contributed by atoms with Crippen LogP contribution in [0.15, 0.2) is 42.5 Å². The number of hydrogen-bond acceptors (Lipinski definition) is 3. The Morgan fingerprint density at radius 2 is 1.83 bits per heavy atom. The number of hydrogen-bond donors (Lipinski definition) is 1. The van der Waals surface area contributed by atoms with Crippen LogP contribution in [0.25, 0.3) is 0 Å². The van der Waals surface area contributed by atoms with Gasteiger partial charge in [0, 0.05) is 11.3 Å². The van der Waals surface area contributed by atoms with Crippen LogP contribution in [0.2, 0.25) is 0 Å². The van der Waals surface area contributed by atoms with E-state index in [-0.39, 0.29) is 11.7 Å². The second-order valence-corrected chi connectivity index (χ2v) is 6.49. The van der Waals surface area contributed by atoms with E-state index in [0.717, 1.165) is 5.56 Å². The lowest BCUT2D eigenvalue weighted by Crippen LogP contribution is -2.35. The first-order valence-electron chi connectivity index (χ1n) is 7.58. The van der Waals surface area contributed by atoms with Crippen molar-refractivity contribution in [2.24, 2.45) is 0 Å². The van der Waals surface area contributed by atoms with E-state index in [9.17, 15) is 9.59 Å². The average Bonchev–Trinajstić information content (AvgIpc) is 2.47. The first kappa shape index (κ1) is 15.3. The lowest BCUT2D eigenvalue weighted by Gasteiger charge is -2.31. The molecular formula is C19H19NO3. The number of carbonyl (C=O) groups is 2.